The Morgan fingerprint density at radius 3 is 2.38 bits per heavy atom. The van der Waals surface area contributed by atoms with Crippen molar-refractivity contribution in [1.29, 1.82) is 0 Å². The molecule has 3 unspecified atom stereocenters. The van der Waals surface area contributed by atoms with Gasteiger partial charge in [0.1, 0.15) is 0 Å². The van der Waals surface area contributed by atoms with Crippen molar-refractivity contribution >= 4 is 0 Å². The van der Waals surface area contributed by atoms with Gasteiger partial charge in [0.25, 0.3) is 0 Å². The number of rotatable bonds is 1. The summed E-state index contributed by atoms with van der Waals surface area (Å²) in [6, 6.07) is 10.7. The molecule has 88 valence electrons. The van der Waals surface area contributed by atoms with E-state index in [2.05, 4.69) is 51.1 Å². The minimum absolute atomic E-state index is 0.0399. The molecule has 1 aromatic rings. The highest BCUT2D eigenvalue weighted by Gasteiger charge is 2.40. The van der Waals surface area contributed by atoms with Gasteiger partial charge >= 0.3 is 0 Å². The van der Waals surface area contributed by atoms with Crippen LogP contribution in [0.4, 0.5) is 0 Å². The molecule has 1 aliphatic carbocycles. The molecule has 1 heteroatoms. The van der Waals surface area contributed by atoms with Gasteiger partial charge in [0.2, 0.25) is 0 Å². The lowest BCUT2D eigenvalue weighted by Crippen LogP contribution is -2.41. The van der Waals surface area contributed by atoms with Gasteiger partial charge in [-0.3, -0.25) is 0 Å². The molecule has 1 aliphatic rings. The first-order valence-corrected chi connectivity index (χ1v) is 6.24. The van der Waals surface area contributed by atoms with Gasteiger partial charge in [-0.25, -0.2) is 0 Å². The second-order valence-corrected chi connectivity index (χ2v) is 5.96. The maximum atomic E-state index is 10.2. The molecular weight excluding hydrogens is 196 g/mol. The number of hydrogen-bond donors (Lipinski definition) is 1. The summed E-state index contributed by atoms with van der Waals surface area (Å²) in [6.07, 6.45) is 2.03. The molecule has 0 spiro atoms. The third kappa shape index (κ3) is 2.15. The zero-order valence-electron chi connectivity index (χ0n) is 10.5. The Kier molecular flexibility index (Phi) is 3.07. The van der Waals surface area contributed by atoms with Gasteiger partial charge in [0, 0.05) is 0 Å². The summed E-state index contributed by atoms with van der Waals surface area (Å²) in [4.78, 5) is 0. The number of hydrogen-bond acceptors (Lipinski definition) is 1. The lowest BCUT2D eigenvalue weighted by molar-refractivity contribution is -0.0333. The Labute approximate surface area is 98.5 Å². The SMILES string of the molecule is CC1CC(c2ccccc2)CC(C)(C)C1O. The molecule has 1 saturated carbocycles. The summed E-state index contributed by atoms with van der Waals surface area (Å²) < 4.78 is 0. The first-order valence-electron chi connectivity index (χ1n) is 6.24. The first kappa shape index (κ1) is 11.7. The van der Waals surface area contributed by atoms with Gasteiger partial charge in [-0.05, 0) is 35.7 Å². The van der Waals surface area contributed by atoms with Crippen LogP contribution >= 0.6 is 0 Å². The van der Waals surface area contributed by atoms with E-state index in [4.69, 9.17) is 0 Å². The van der Waals surface area contributed by atoms with Crippen LogP contribution in [-0.4, -0.2) is 11.2 Å². The summed E-state index contributed by atoms with van der Waals surface area (Å²) in [5.74, 6) is 1.00. The van der Waals surface area contributed by atoms with Crippen LogP contribution in [0.15, 0.2) is 30.3 Å². The molecule has 0 aliphatic heterocycles. The molecule has 0 heterocycles. The Morgan fingerprint density at radius 1 is 1.19 bits per heavy atom. The lowest BCUT2D eigenvalue weighted by Gasteiger charge is -2.43. The zero-order valence-corrected chi connectivity index (χ0v) is 10.5. The predicted octanol–water partition coefficient (Wildman–Crippen LogP) is 3.59. The first-order chi connectivity index (χ1) is 7.50. The minimum Gasteiger partial charge on any atom is -0.392 e. The Bertz CT molecular complexity index is 342. The van der Waals surface area contributed by atoms with Crippen LogP contribution in [0.1, 0.15) is 45.1 Å². The fourth-order valence-corrected chi connectivity index (χ4v) is 3.17. The third-order valence-corrected chi connectivity index (χ3v) is 4.04. The van der Waals surface area contributed by atoms with Gasteiger partial charge in [0.05, 0.1) is 6.10 Å². The smallest absolute Gasteiger partial charge is 0.0617 e. The van der Waals surface area contributed by atoms with E-state index in [9.17, 15) is 5.11 Å². The monoisotopic (exact) mass is 218 g/mol. The van der Waals surface area contributed by atoms with Crippen molar-refractivity contribution < 1.29 is 5.11 Å². The highest BCUT2D eigenvalue weighted by atomic mass is 16.3. The Morgan fingerprint density at radius 2 is 1.81 bits per heavy atom. The molecule has 0 saturated heterocycles. The van der Waals surface area contributed by atoms with E-state index in [-0.39, 0.29) is 11.5 Å². The second kappa shape index (κ2) is 4.21. The molecule has 1 N–H and O–H groups in total. The average Bonchev–Trinajstić information content (AvgIpc) is 2.26. The van der Waals surface area contributed by atoms with Gasteiger partial charge in [-0.15, -0.1) is 0 Å². The van der Waals surface area contributed by atoms with E-state index in [1.54, 1.807) is 0 Å². The molecule has 3 atom stereocenters. The third-order valence-electron chi connectivity index (χ3n) is 4.04. The molecule has 0 aromatic heterocycles. The molecule has 0 radical (unpaired) electrons. The molecule has 1 nitrogen and oxygen atoms in total. The molecule has 1 fully saturated rings. The fourth-order valence-electron chi connectivity index (χ4n) is 3.17. The summed E-state index contributed by atoms with van der Waals surface area (Å²) in [5.41, 5.74) is 1.47. The van der Waals surface area contributed by atoms with E-state index < -0.39 is 0 Å². The van der Waals surface area contributed by atoms with Crippen molar-refractivity contribution in [2.75, 3.05) is 0 Å². The maximum absolute atomic E-state index is 10.2. The quantitative estimate of drug-likeness (QED) is 0.763. The van der Waals surface area contributed by atoms with E-state index in [0.29, 0.717) is 11.8 Å². The van der Waals surface area contributed by atoms with Crippen molar-refractivity contribution in [3.8, 4) is 0 Å². The van der Waals surface area contributed by atoms with Crippen molar-refractivity contribution in [3.05, 3.63) is 35.9 Å². The number of benzene rings is 1. The summed E-state index contributed by atoms with van der Waals surface area (Å²) in [7, 11) is 0. The van der Waals surface area contributed by atoms with Crippen LogP contribution in [0.5, 0.6) is 0 Å². The lowest BCUT2D eigenvalue weighted by atomic mass is 9.64. The Balaban J connectivity index is 2.20. The van der Waals surface area contributed by atoms with Crippen LogP contribution in [-0.2, 0) is 0 Å². The minimum atomic E-state index is -0.160. The van der Waals surface area contributed by atoms with Crippen molar-refractivity contribution in [2.24, 2.45) is 11.3 Å². The van der Waals surface area contributed by atoms with Crippen LogP contribution in [0, 0.1) is 11.3 Å². The van der Waals surface area contributed by atoms with Gasteiger partial charge in [0.15, 0.2) is 0 Å². The van der Waals surface area contributed by atoms with Crippen molar-refractivity contribution in [1.82, 2.24) is 0 Å². The van der Waals surface area contributed by atoms with Crippen molar-refractivity contribution in [2.45, 2.75) is 45.6 Å². The summed E-state index contributed by atoms with van der Waals surface area (Å²) in [6.45, 7) is 6.54. The second-order valence-electron chi connectivity index (χ2n) is 5.96. The Hall–Kier alpha value is -0.820. The summed E-state index contributed by atoms with van der Waals surface area (Å²) >= 11 is 0. The largest absolute Gasteiger partial charge is 0.392 e. The average molecular weight is 218 g/mol. The molecule has 1 aromatic carbocycles. The molecule has 0 amide bonds. The van der Waals surface area contributed by atoms with Gasteiger partial charge in [-0.2, -0.15) is 0 Å². The van der Waals surface area contributed by atoms with Crippen molar-refractivity contribution in [3.63, 3.8) is 0 Å². The number of aliphatic hydroxyl groups is 1. The van der Waals surface area contributed by atoms with E-state index in [1.807, 2.05) is 0 Å². The molecule has 0 bridgehead atoms. The predicted molar refractivity (Wildman–Crippen MR) is 67.4 cm³/mol. The molecular formula is C15H22O. The fraction of sp³-hybridized carbons (Fsp3) is 0.600. The molecule has 16 heavy (non-hydrogen) atoms. The highest BCUT2D eigenvalue weighted by Crippen LogP contribution is 2.45. The van der Waals surface area contributed by atoms with E-state index in [0.717, 1.165) is 12.8 Å². The topological polar surface area (TPSA) is 20.2 Å². The summed E-state index contributed by atoms with van der Waals surface area (Å²) in [5, 5.41) is 10.2. The zero-order chi connectivity index (χ0) is 11.8. The highest BCUT2D eigenvalue weighted by molar-refractivity contribution is 5.21. The van der Waals surface area contributed by atoms with Gasteiger partial charge in [-0.1, -0.05) is 51.1 Å². The normalized spacial score (nSPS) is 33.6. The van der Waals surface area contributed by atoms with Crippen LogP contribution < -0.4 is 0 Å². The maximum Gasteiger partial charge on any atom is 0.0617 e. The van der Waals surface area contributed by atoms with E-state index >= 15 is 0 Å². The van der Waals surface area contributed by atoms with Crippen LogP contribution in [0.2, 0.25) is 0 Å². The number of aliphatic hydroxyl groups excluding tert-OH is 1. The van der Waals surface area contributed by atoms with Crippen LogP contribution in [0.3, 0.4) is 0 Å². The van der Waals surface area contributed by atoms with E-state index in [1.165, 1.54) is 5.56 Å². The standard InChI is InChI=1S/C15H22O/c1-11-9-13(10-15(2,3)14(11)16)12-7-5-4-6-8-12/h4-8,11,13-14,16H,9-10H2,1-3H3. The van der Waals surface area contributed by atoms with Crippen LogP contribution in [0.25, 0.3) is 0 Å². The molecule has 2 rings (SSSR count). The van der Waals surface area contributed by atoms with Gasteiger partial charge < -0.3 is 5.11 Å².